The van der Waals surface area contributed by atoms with E-state index in [-0.39, 0.29) is 0 Å². The molecule has 0 aliphatic rings. The van der Waals surface area contributed by atoms with Crippen LogP contribution in [0.2, 0.25) is 0 Å². The van der Waals surface area contributed by atoms with Crippen LogP contribution in [-0.2, 0) is 13.6 Å². The van der Waals surface area contributed by atoms with Crippen LogP contribution in [0.4, 0.5) is 10.1 Å². The number of imidazole rings is 1. The fourth-order valence-electron chi connectivity index (χ4n) is 1.73. The number of aryl methyl sites for hydroxylation is 1. The van der Waals surface area contributed by atoms with Crippen molar-refractivity contribution in [1.29, 1.82) is 5.26 Å². The molecule has 92 valence electrons. The smallest absolute Gasteiger partial charge is 0.147 e. The second-order valence-corrected chi connectivity index (χ2v) is 4.09. The fraction of sp³-hybridized carbons (Fsp3) is 0.231. The van der Waals surface area contributed by atoms with Gasteiger partial charge in [-0.15, -0.1) is 0 Å². The molecule has 0 unspecified atom stereocenters. The Bertz CT molecular complexity index is 597. The Morgan fingerprint density at radius 2 is 2.28 bits per heavy atom. The van der Waals surface area contributed by atoms with E-state index in [1.807, 2.05) is 23.9 Å². The summed E-state index contributed by atoms with van der Waals surface area (Å²) < 4.78 is 15.7. The Morgan fingerprint density at radius 1 is 1.50 bits per heavy atom. The van der Waals surface area contributed by atoms with Crippen molar-refractivity contribution in [3.8, 4) is 6.07 Å². The number of benzene rings is 1. The Hall–Kier alpha value is -2.35. The minimum atomic E-state index is -0.397. The average Bonchev–Trinajstić information content (AvgIpc) is 2.74. The van der Waals surface area contributed by atoms with E-state index in [0.717, 1.165) is 5.82 Å². The molecular weight excluding hydrogens is 231 g/mol. The zero-order chi connectivity index (χ0) is 13.1. The molecule has 0 saturated carbocycles. The Morgan fingerprint density at radius 3 is 2.83 bits per heavy atom. The Balaban J connectivity index is 2.22. The first kappa shape index (κ1) is 12.1. The third-order valence-electron chi connectivity index (χ3n) is 2.79. The van der Waals surface area contributed by atoms with Crippen LogP contribution >= 0.6 is 0 Å². The monoisotopic (exact) mass is 244 g/mol. The van der Waals surface area contributed by atoms with Crippen LogP contribution in [0.1, 0.15) is 11.4 Å². The van der Waals surface area contributed by atoms with E-state index < -0.39 is 5.82 Å². The van der Waals surface area contributed by atoms with Crippen molar-refractivity contribution in [2.45, 2.75) is 6.54 Å². The number of aromatic nitrogens is 2. The summed E-state index contributed by atoms with van der Waals surface area (Å²) in [6.45, 7) is 0.506. The van der Waals surface area contributed by atoms with Gasteiger partial charge >= 0.3 is 0 Å². The minimum absolute atomic E-state index is 0.321. The maximum atomic E-state index is 13.8. The van der Waals surface area contributed by atoms with Gasteiger partial charge < -0.3 is 9.47 Å². The molecule has 2 rings (SSSR count). The van der Waals surface area contributed by atoms with Crippen LogP contribution in [0.15, 0.2) is 30.6 Å². The van der Waals surface area contributed by atoms with Crippen LogP contribution < -0.4 is 4.90 Å². The lowest BCUT2D eigenvalue weighted by molar-refractivity contribution is 0.619. The van der Waals surface area contributed by atoms with Gasteiger partial charge in [0.05, 0.1) is 23.9 Å². The average molecular weight is 244 g/mol. The summed E-state index contributed by atoms with van der Waals surface area (Å²) >= 11 is 0. The molecule has 0 saturated heterocycles. The number of halogens is 1. The van der Waals surface area contributed by atoms with Gasteiger partial charge in [0.15, 0.2) is 0 Å². The molecule has 2 aromatic rings. The van der Waals surface area contributed by atoms with Gasteiger partial charge in [-0.2, -0.15) is 5.26 Å². The van der Waals surface area contributed by atoms with Crippen molar-refractivity contribution in [1.82, 2.24) is 9.55 Å². The summed E-state index contributed by atoms with van der Waals surface area (Å²) in [5.41, 5.74) is 0.777. The molecule has 0 spiro atoms. The molecule has 0 bridgehead atoms. The van der Waals surface area contributed by atoms with Crippen LogP contribution in [0.5, 0.6) is 0 Å². The van der Waals surface area contributed by atoms with Crippen molar-refractivity contribution in [2.75, 3.05) is 11.9 Å². The molecule has 1 aromatic carbocycles. The topological polar surface area (TPSA) is 44.9 Å². The molecule has 4 nitrogen and oxygen atoms in total. The van der Waals surface area contributed by atoms with E-state index in [4.69, 9.17) is 5.26 Å². The summed E-state index contributed by atoms with van der Waals surface area (Å²) in [5.74, 6) is 0.451. The molecule has 0 amide bonds. The lowest BCUT2D eigenvalue weighted by Gasteiger charge is -2.19. The second-order valence-electron chi connectivity index (χ2n) is 4.09. The number of hydrogen-bond donors (Lipinski definition) is 0. The van der Waals surface area contributed by atoms with E-state index in [9.17, 15) is 4.39 Å². The number of hydrogen-bond acceptors (Lipinski definition) is 3. The summed E-state index contributed by atoms with van der Waals surface area (Å²) in [5, 5.41) is 8.69. The minimum Gasteiger partial charge on any atom is -0.365 e. The molecule has 0 atom stereocenters. The molecular formula is C13H13FN4. The number of anilines is 1. The Kier molecular flexibility index (Phi) is 3.28. The van der Waals surface area contributed by atoms with Gasteiger partial charge in [0.1, 0.15) is 11.6 Å². The van der Waals surface area contributed by atoms with Crippen molar-refractivity contribution < 1.29 is 4.39 Å². The number of nitriles is 1. The third-order valence-corrected chi connectivity index (χ3v) is 2.79. The van der Waals surface area contributed by atoms with Crippen molar-refractivity contribution >= 4 is 5.69 Å². The standard InChI is InChI=1S/C13H13FN4/c1-17-6-5-16-13(17)9-18(2)12-4-3-10(8-15)7-11(12)14/h3-7H,9H2,1-2H3. The fourth-order valence-corrected chi connectivity index (χ4v) is 1.73. The maximum Gasteiger partial charge on any atom is 0.147 e. The predicted molar refractivity (Wildman–Crippen MR) is 66.4 cm³/mol. The highest BCUT2D eigenvalue weighted by Crippen LogP contribution is 2.20. The van der Waals surface area contributed by atoms with E-state index in [1.54, 1.807) is 30.3 Å². The molecule has 0 aliphatic carbocycles. The zero-order valence-corrected chi connectivity index (χ0v) is 10.3. The van der Waals surface area contributed by atoms with Gasteiger partial charge in [-0.25, -0.2) is 9.37 Å². The van der Waals surface area contributed by atoms with Crippen molar-refractivity contribution in [3.63, 3.8) is 0 Å². The molecule has 18 heavy (non-hydrogen) atoms. The maximum absolute atomic E-state index is 13.8. The molecule has 1 aromatic heterocycles. The predicted octanol–water partition coefficient (Wildman–Crippen LogP) is 2.07. The Labute approximate surface area is 105 Å². The quantitative estimate of drug-likeness (QED) is 0.830. The van der Waals surface area contributed by atoms with Crippen molar-refractivity contribution in [3.05, 3.63) is 47.8 Å². The van der Waals surface area contributed by atoms with E-state index in [1.165, 1.54) is 6.07 Å². The highest BCUT2D eigenvalue weighted by molar-refractivity contribution is 5.50. The first-order valence-electron chi connectivity index (χ1n) is 5.49. The van der Waals surface area contributed by atoms with Gasteiger partial charge in [-0.3, -0.25) is 0 Å². The largest absolute Gasteiger partial charge is 0.365 e. The van der Waals surface area contributed by atoms with E-state index >= 15 is 0 Å². The van der Waals surface area contributed by atoms with Crippen LogP contribution in [-0.4, -0.2) is 16.6 Å². The molecule has 5 heteroatoms. The third kappa shape index (κ3) is 2.33. The van der Waals surface area contributed by atoms with E-state index in [0.29, 0.717) is 17.8 Å². The van der Waals surface area contributed by atoms with E-state index in [2.05, 4.69) is 4.98 Å². The van der Waals surface area contributed by atoms with Crippen molar-refractivity contribution in [2.24, 2.45) is 7.05 Å². The first-order chi connectivity index (χ1) is 8.61. The van der Waals surface area contributed by atoms with Crippen LogP contribution in [0, 0.1) is 17.1 Å². The highest BCUT2D eigenvalue weighted by atomic mass is 19.1. The highest BCUT2D eigenvalue weighted by Gasteiger charge is 2.10. The summed E-state index contributed by atoms with van der Waals surface area (Å²) in [6, 6.07) is 6.37. The van der Waals surface area contributed by atoms with Gasteiger partial charge in [-0.1, -0.05) is 0 Å². The van der Waals surface area contributed by atoms with Gasteiger partial charge in [0.2, 0.25) is 0 Å². The summed E-state index contributed by atoms with van der Waals surface area (Å²) in [6.07, 6.45) is 3.55. The summed E-state index contributed by atoms with van der Waals surface area (Å²) in [4.78, 5) is 5.95. The lowest BCUT2D eigenvalue weighted by atomic mass is 10.2. The van der Waals surface area contributed by atoms with Crippen LogP contribution in [0.3, 0.4) is 0 Å². The molecule has 0 radical (unpaired) electrons. The van der Waals surface area contributed by atoms with Gasteiger partial charge in [0.25, 0.3) is 0 Å². The SMILES string of the molecule is CN(Cc1nccn1C)c1ccc(C#N)cc1F. The van der Waals surface area contributed by atoms with Gasteiger partial charge in [0, 0.05) is 26.5 Å². The normalized spacial score (nSPS) is 10.1. The molecule has 0 aliphatic heterocycles. The number of nitrogens with zero attached hydrogens (tertiary/aromatic N) is 4. The summed E-state index contributed by atoms with van der Waals surface area (Å²) in [7, 11) is 3.68. The first-order valence-corrected chi connectivity index (χ1v) is 5.49. The molecule has 1 heterocycles. The second kappa shape index (κ2) is 4.88. The van der Waals surface area contributed by atoms with Gasteiger partial charge in [-0.05, 0) is 18.2 Å². The molecule has 0 N–H and O–H groups in total. The molecule has 0 fully saturated rings. The number of rotatable bonds is 3. The zero-order valence-electron chi connectivity index (χ0n) is 10.3. The lowest BCUT2D eigenvalue weighted by Crippen LogP contribution is -2.20. The van der Waals surface area contributed by atoms with Crippen LogP contribution in [0.25, 0.3) is 0 Å².